The predicted octanol–water partition coefficient (Wildman–Crippen LogP) is 2.50. The molecule has 0 atom stereocenters. The molecular weight excluding hydrogens is 360 g/mol. The zero-order chi connectivity index (χ0) is 20.1. The number of carbonyl (C=O) groups excluding carboxylic acids is 3. The second kappa shape index (κ2) is 8.43. The summed E-state index contributed by atoms with van der Waals surface area (Å²) in [5.41, 5.74) is 2.78. The van der Waals surface area contributed by atoms with Crippen molar-refractivity contribution in [1.29, 1.82) is 0 Å². The number of carbonyl (C=O) groups is 3. The Kier molecular flexibility index (Phi) is 5.78. The van der Waals surface area contributed by atoms with Crippen molar-refractivity contribution in [2.75, 3.05) is 35.7 Å². The van der Waals surface area contributed by atoms with Gasteiger partial charge in [-0.05, 0) is 36.8 Å². The highest BCUT2D eigenvalue weighted by Gasteiger charge is 2.26. The molecule has 28 heavy (non-hydrogen) atoms. The molecule has 0 radical (unpaired) electrons. The molecule has 8 heteroatoms. The van der Waals surface area contributed by atoms with Crippen LogP contribution in [0.1, 0.15) is 12.0 Å². The third-order valence-electron chi connectivity index (χ3n) is 4.27. The number of aryl methyl sites for hydroxylation is 1. The van der Waals surface area contributed by atoms with E-state index in [9.17, 15) is 14.4 Å². The van der Waals surface area contributed by atoms with Crippen LogP contribution in [0.3, 0.4) is 0 Å². The minimum Gasteiger partial charge on any atom is -0.495 e. The summed E-state index contributed by atoms with van der Waals surface area (Å²) in [6, 6.07) is 12.1. The van der Waals surface area contributed by atoms with Crippen molar-refractivity contribution >= 4 is 34.9 Å². The second-order valence-electron chi connectivity index (χ2n) is 6.39. The summed E-state index contributed by atoms with van der Waals surface area (Å²) in [7, 11) is 1.53. The highest BCUT2D eigenvalue weighted by atomic mass is 16.5. The van der Waals surface area contributed by atoms with E-state index >= 15 is 0 Å². The molecule has 4 amide bonds. The summed E-state index contributed by atoms with van der Waals surface area (Å²) in [6.07, 6.45) is 0.0878. The van der Waals surface area contributed by atoms with Crippen LogP contribution >= 0.6 is 0 Å². The Balaban J connectivity index is 1.55. The molecule has 3 N–H and O–H groups in total. The molecule has 2 aromatic rings. The van der Waals surface area contributed by atoms with Crippen LogP contribution in [-0.2, 0) is 9.59 Å². The van der Waals surface area contributed by atoms with Gasteiger partial charge in [-0.2, -0.15) is 0 Å². The Labute approximate surface area is 162 Å². The van der Waals surface area contributed by atoms with Gasteiger partial charge in [-0.25, -0.2) is 4.79 Å². The number of methoxy groups -OCH3 is 1. The zero-order valence-corrected chi connectivity index (χ0v) is 15.7. The van der Waals surface area contributed by atoms with Crippen molar-refractivity contribution in [1.82, 2.24) is 5.32 Å². The molecule has 1 aliphatic heterocycles. The fourth-order valence-electron chi connectivity index (χ4n) is 2.93. The number of fused-ring (bicyclic) bond motifs is 1. The number of urea groups is 1. The van der Waals surface area contributed by atoms with E-state index < -0.39 is 6.03 Å². The molecule has 0 saturated carbocycles. The van der Waals surface area contributed by atoms with Crippen molar-refractivity contribution in [3.63, 3.8) is 0 Å². The monoisotopic (exact) mass is 382 g/mol. The second-order valence-corrected chi connectivity index (χ2v) is 6.39. The minimum atomic E-state index is -0.428. The van der Waals surface area contributed by atoms with Crippen LogP contribution in [0.5, 0.6) is 5.75 Å². The van der Waals surface area contributed by atoms with Crippen molar-refractivity contribution in [3.05, 3.63) is 48.0 Å². The maximum atomic E-state index is 12.5. The van der Waals surface area contributed by atoms with Crippen LogP contribution in [0.4, 0.5) is 21.9 Å². The number of amides is 4. The fourth-order valence-corrected chi connectivity index (χ4v) is 2.93. The van der Waals surface area contributed by atoms with Crippen LogP contribution < -0.4 is 25.6 Å². The molecule has 3 rings (SSSR count). The number of benzene rings is 2. The molecule has 2 aromatic carbocycles. The fraction of sp³-hybridized carbons (Fsp3) is 0.250. The smallest absolute Gasteiger partial charge is 0.322 e. The lowest BCUT2D eigenvalue weighted by atomic mass is 10.2. The number of nitrogens with zero attached hydrogens (tertiary/aromatic N) is 1. The lowest BCUT2D eigenvalue weighted by Crippen LogP contribution is -2.47. The van der Waals surface area contributed by atoms with E-state index in [2.05, 4.69) is 16.0 Å². The summed E-state index contributed by atoms with van der Waals surface area (Å²) < 4.78 is 5.24. The summed E-state index contributed by atoms with van der Waals surface area (Å²) in [5, 5.41) is 8.20. The molecule has 0 aromatic heterocycles. The van der Waals surface area contributed by atoms with E-state index in [1.165, 1.54) is 12.0 Å². The van der Waals surface area contributed by atoms with E-state index in [0.717, 1.165) is 5.56 Å². The number of hydrogen-bond donors (Lipinski definition) is 3. The number of ether oxygens (including phenoxy) is 1. The van der Waals surface area contributed by atoms with Crippen LogP contribution in [0.25, 0.3) is 0 Å². The number of hydrogen-bond acceptors (Lipinski definition) is 4. The van der Waals surface area contributed by atoms with Gasteiger partial charge in [-0.15, -0.1) is 0 Å². The topological polar surface area (TPSA) is 99.8 Å². The minimum absolute atomic E-state index is 0.0739. The molecule has 146 valence electrons. The van der Waals surface area contributed by atoms with Gasteiger partial charge in [0.05, 0.1) is 24.2 Å². The quantitative estimate of drug-likeness (QED) is 0.740. The number of anilines is 3. The first-order chi connectivity index (χ1) is 13.5. The molecular formula is C20H22N4O4. The van der Waals surface area contributed by atoms with Gasteiger partial charge >= 0.3 is 6.03 Å². The molecule has 0 saturated heterocycles. The molecule has 0 fully saturated rings. The van der Waals surface area contributed by atoms with Crippen LogP contribution in [0, 0.1) is 6.92 Å². The van der Waals surface area contributed by atoms with Crippen LogP contribution in [0.2, 0.25) is 0 Å². The first-order valence-corrected chi connectivity index (χ1v) is 8.86. The Bertz CT molecular complexity index is 913. The maximum absolute atomic E-state index is 12.5. The highest BCUT2D eigenvalue weighted by Crippen LogP contribution is 2.28. The number of nitrogens with one attached hydrogen (secondary N) is 3. The summed E-state index contributed by atoms with van der Waals surface area (Å²) in [4.78, 5) is 37.8. The summed E-state index contributed by atoms with van der Waals surface area (Å²) in [5.74, 6) is 0.0537. The van der Waals surface area contributed by atoms with Gasteiger partial charge in [0.25, 0.3) is 0 Å². The van der Waals surface area contributed by atoms with Gasteiger partial charge in [0.1, 0.15) is 12.3 Å². The molecule has 1 aliphatic rings. The maximum Gasteiger partial charge on any atom is 0.322 e. The summed E-state index contributed by atoms with van der Waals surface area (Å²) in [6.45, 7) is 1.98. The zero-order valence-electron chi connectivity index (χ0n) is 15.7. The predicted molar refractivity (Wildman–Crippen MR) is 107 cm³/mol. The number of rotatable bonds is 5. The first kappa shape index (κ1) is 19.2. The average Bonchev–Trinajstić information content (AvgIpc) is 2.67. The Morgan fingerprint density at radius 1 is 1.21 bits per heavy atom. The van der Waals surface area contributed by atoms with Gasteiger partial charge in [-0.3, -0.25) is 14.5 Å². The van der Waals surface area contributed by atoms with Crippen LogP contribution in [0.15, 0.2) is 42.5 Å². The van der Waals surface area contributed by atoms with Crippen molar-refractivity contribution < 1.29 is 19.1 Å². The molecule has 0 aliphatic carbocycles. The molecule has 1 heterocycles. The van der Waals surface area contributed by atoms with E-state index in [0.29, 0.717) is 22.8 Å². The van der Waals surface area contributed by atoms with Gasteiger partial charge in [0, 0.05) is 13.0 Å². The van der Waals surface area contributed by atoms with E-state index in [1.807, 2.05) is 19.1 Å². The first-order valence-electron chi connectivity index (χ1n) is 8.86. The lowest BCUT2D eigenvalue weighted by molar-refractivity contribution is -0.116. The molecule has 0 spiro atoms. The van der Waals surface area contributed by atoms with Crippen molar-refractivity contribution in [3.8, 4) is 5.75 Å². The van der Waals surface area contributed by atoms with Gasteiger partial charge in [-0.1, -0.05) is 18.2 Å². The SMILES string of the molecule is COc1ccc(C)cc1NC(=O)CCNC(=O)N1CC(=O)Nc2ccccc21. The highest BCUT2D eigenvalue weighted by molar-refractivity contribution is 6.09. The number of para-hydroxylation sites is 2. The third kappa shape index (κ3) is 4.40. The Hall–Kier alpha value is -3.55. The lowest BCUT2D eigenvalue weighted by Gasteiger charge is -2.29. The van der Waals surface area contributed by atoms with Gasteiger partial charge in [0.15, 0.2) is 0 Å². The Morgan fingerprint density at radius 3 is 2.79 bits per heavy atom. The van der Waals surface area contributed by atoms with Gasteiger partial charge < -0.3 is 20.7 Å². The normalized spacial score (nSPS) is 12.6. The Morgan fingerprint density at radius 2 is 2.00 bits per heavy atom. The molecule has 8 nitrogen and oxygen atoms in total. The van der Waals surface area contributed by atoms with E-state index in [4.69, 9.17) is 4.74 Å². The van der Waals surface area contributed by atoms with E-state index in [-0.39, 0.29) is 31.3 Å². The standard InChI is InChI=1S/C20H22N4O4/c1-13-7-8-17(28-2)15(11-13)23-18(25)9-10-21-20(27)24-12-19(26)22-14-5-3-4-6-16(14)24/h3-8,11H,9-10,12H2,1-2H3,(H,21,27)(H,22,26)(H,23,25). The molecule has 0 unspecified atom stereocenters. The molecule has 0 bridgehead atoms. The van der Waals surface area contributed by atoms with Crippen LogP contribution in [-0.4, -0.2) is 38.0 Å². The third-order valence-corrected chi connectivity index (χ3v) is 4.27. The average molecular weight is 382 g/mol. The van der Waals surface area contributed by atoms with Crippen molar-refractivity contribution in [2.45, 2.75) is 13.3 Å². The van der Waals surface area contributed by atoms with Gasteiger partial charge in [0.2, 0.25) is 11.8 Å². The summed E-state index contributed by atoms with van der Waals surface area (Å²) >= 11 is 0. The van der Waals surface area contributed by atoms with E-state index in [1.54, 1.807) is 30.3 Å². The van der Waals surface area contributed by atoms with Crippen molar-refractivity contribution in [2.24, 2.45) is 0 Å². The largest absolute Gasteiger partial charge is 0.495 e.